The van der Waals surface area contributed by atoms with Gasteiger partial charge < -0.3 is 15.2 Å². The molecule has 0 amide bonds. The molecular formula is C14H20F3IN6. The minimum absolute atomic E-state index is 0. The summed E-state index contributed by atoms with van der Waals surface area (Å²) >= 11 is 0. The van der Waals surface area contributed by atoms with E-state index in [1.54, 1.807) is 7.05 Å². The zero-order valence-electron chi connectivity index (χ0n) is 13.6. The minimum atomic E-state index is -4.47. The number of guanidine groups is 1. The molecule has 6 nitrogen and oxygen atoms in total. The Bertz CT molecular complexity index is 663. The van der Waals surface area contributed by atoms with Crippen molar-refractivity contribution < 1.29 is 13.2 Å². The summed E-state index contributed by atoms with van der Waals surface area (Å²) in [4.78, 5) is 8.97. The number of alkyl halides is 3. The average Bonchev–Trinajstić information content (AvgIpc) is 3.08. The molecule has 2 heterocycles. The second kappa shape index (κ2) is 8.40. The van der Waals surface area contributed by atoms with Crippen molar-refractivity contribution in [2.24, 2.45) is 12.0 Å². The lowest BCUT2D eigenvalue weighted by Gasteiger charge is -2.21. The molecule has 134 valence electrons. The molecule has 2 aromatic rings. The Labute approximate surface area is 155 Å². The Kier molecular flexibility index (Phi) is 7.11. The highest BCUT2D eigenvalue weighted by Crippen LogP contribution is 2.30. The third kappa shape index (κ3) is 5.14. The smallest absolute Gasteiger partial charge is 0.364 e. The number of nitrogens with zero attached hydrogens (tertiary/aromatic N) is 4. The van der Waals surface area contributed by atoms with E-state index < -0.39 is 11.9 Å². The van der Waals surface area contributed by atoms with Crippen LogP contribution in [0.1, 0.15) is 17.0 Å². The summed E-state index contributed by atoms with van der Waals surface area (Å²) < 4.78 is 39.9. The van der Waals surface area contributed by atoms with Crippen molar-refractivity contribution in [3.8, 4) is 0 Å². The molecular weight excluding hydrogens is 436 g/mol. The van der Waals surface area contributed by atoms with Crippen molar-refractivity contribution in [1.82, 2.24) is 25.0 Å². The molecule has 2 aromatic heterocycles. The molecule has 0 bridgehead atoms. The fraction of sp³-hybridized carbons (Fsp3) is 0.429. The lowest BCUT2D eigenvalue weighted by molar-refractivity contribution is -0.142. The number of halogens is 4. The van der Waals surface area contributed by atoms with Crippen LogP contribution in [-0.2, 0) is 26.3 Å². The van der Waals surface area contributed by atoms with E-state index in [2.05, 4.69) is 20.4 Å². The van der Waals surface area contributed by atoms with Gasteiger partial charge in [-0.3, -0.25) is 9.67 Å². The number of hydrogen-bond acceptors (Lipinski definition) is 2. The van der Waals surface area contributed by atoms with Crippen LogP contribution >= 0.6 is 24.0 Å². The van der Waals surface area contributed by atoms with Gasteiger partial charge in [-0.25, -0.2) is 0 Å². The van der Waals surface area contributed by atoms with Crippen LogP contribution in [0.2, 0.25) is 0 Å². The summed E-state index contributed by atoms with van der Waals surface area (Å²) in [5.41, 5.74) is 0.178. The quantitative estimate of drug-likeness (QED) is 0.423. The zero-order valence-corrected chi connectivity index (χ0v) is 15.9. The van der Waals surface area contributed by atoms with Crippen molar-refractivity contribution in [3.63, 3.8) is 0 Å². The highest BCUT2D eigenvalue weighted by atomic mass is 127. The van der Waals surface area contributed by atoms with E-state index in [1.165, 1.54) is 13.2 Å². The van der Waals surface area contributed by atoms with E-state index in [4.69, 9.17) is 0 Å². The van der Waals surface area contributed by atoms with Crippen molar-refractivity contribution in [3.05, 3.63) is 41.5 Å². The van der Waals surface area contributed by atoms with Gasteiger partial charge in [-0.2, -0.15) is 18.3 Å². The lowest BCUT2D eigenvalue weighted by atomic mass is 10.2. The molecule has 0 spiro atoms. The van der Waals surface area contributed by atoms with E-state index in [0.29, 0.717) is 12.5 Å². The van der Waals surface area contributed by atoms with Crippen LogP contribution in [0, 0.1) is 0 Å². The lowest BCUT2D eigenvalue weighted by Crippen LogP contribution is -2.38. The van der Waals surface area contributed by atoms with Crippen molar-refractivity contribution in [1.29, 1.82) is 0 Å². The van der Waals surface area contributed by atoms with Gasteiger partial charge in [0.25, 0.3) is 0 Å². The first-order valence-corrected chi connectivity index (χ1v) is 6.95. The standard InChI is InChI=1S/C14H19F3N6.HI/c1-18-13(22(2)9-11-5-4-6-19-11)20-7-10-8-23(3)21-12(10)14(15,16)17;/h4-6,8,19H,7,9H2,1-3H3,(H,18,20);1H. The minimum Gasteiger partial charge on any atom is -0.364 e. The number of aliphatic imine (C=N–C) groups is 1. The number of aryl methyl sites for hydroxylation is 1. The first-order chi connectivity index (χ1) is 10.8. The molecule has 24 heavy (non-hydrogen) atoms. The number of aromatic nitrogens is 3. The van der Waals surface area contributed by atoms with E-state index >= 15 is 0 Å². The fourth-order valence-electron chi connectivity index (χ4n) is 2.26. The number of aromatic amines is 1. The van der Waals surface area contributed by atoms with Crippen LogP contribution in [-0.4, -0.2) is 39.7 Å². The van der Waals surface area contributed by atoms with E-state index in [1.807, 2.05) is 30.3 Å². The molecule has 0 aliphatic carbocycles. The molecule has 0 saturated carbocycles. The molecule has 10 heteroatoms. The van der Waals surface area contributed by atoms with Gasteiger partial charge in [0, 0.05) is 51.3 Å². The predicted octanol–water partition coefficient (Wildman–Crippen LogP) is 2.59. The van der Waals surface area contributed by atoms with Gasteiger partial charge in [0.1, 0.15) is 0 Å². The molecule has 0 saturated heterocycles. The van der Waals surface area contributed by atoms with Crippen LogP contribution in [0.25, 0.3) is 0 Å². The highest BCUT2D eigenvalue weighted by molar-refractivity contribution is 14.0. The maximum atomic E-state index is 12.9. The Balaban J connectivity index is 0.00000288. The second-order valence-electron chi connectivity index (χ2n) is 5.13. The van der Waals surface area contributed by atoms with Gasteiger partial charge in [0.15, 0.2) is 11.7 Å². The fourth-order valence-corrected chi connectivity index (χ4v) is 2.26. The summed E-state index contributed by atoms with van der Waals surface area (Å²) in [7, 11) is 4.86. The van der Waals surface area contributed by atoms with Crippen LogP contribution in [0.15, 0.2) is 29.5 Å². The maximum Gasteiger partial charge on any atom is 0.435 e. The molecule has 0 aromatic carbocycles. The van der Waals surface area contributed by atoms with Crippen molar-refractivity contribution >= 4 is 29.9 Å². The third-order valence-corrected chi connectivity index (χ3v) is 3.25. The topological polar surface area (TPSA) is 61.2 Å². The van der Waals surface area contributed by atoms with Gasteiger partial charge in [-0.15, -0.1) is 24.0 Å². The number of hydrogen-bond donors (Lipinski definition) is 2. The van der Waals surface area contributed by atoms with E-state index in [-0.39, 0.29) is 36.1 Å². The van der Waals surface area contributed by atoms with Crippen LogP contribution in [0.5, 0.6) is 0 Å². The Morgan fingerprint density at radius 1 is 1.46 bits per heavy atom. The van der Waals surface area contributed by atoms with Crippen molar-refractivity contribution in [2.75, 3.05) is 14.1 Å². The normalized spacial score (nSPS) is 12.0. The van der Waals surface area contributed by atoms with Gasteiger partial charge >= 0.3 is 6.18 Å². The molecule has 2 rings (SSSR count). The molecule has 0 fully saturated rings. The summed E-state index contributed by atoms with van der Waals surface area (Å²) in [6.45, 7) is 0.552. The number of rotatable bonds is 4. The largest absolute Gasteiger partial charge is 0.435 e. The molecule has 0 aliphatic rings. The van der Waals surface area contributed by atoms with E-state index in [9.17, 15) is 13.2 Å². The highest BCUT2D eigenvalue weighted by Gasteiger charge is 2.36. The van der Waals surface area contributed by atoms with Crippen LogP contribution in [0.3, 0.4) is 0 Å². The summed E-state index contributed by atoms with van der Waals surface area (Å²) in [6.07, 6.45) is -1.31. The monoisotopic (exact) mass is 456 g/mol. The Hall–Kier alpha value is -1.72. The predicted molar refractivity (Wildman–Crippen MR) is 96.1 cm³/mol. The number of H-pyrrole nitrogens is 1. The summed E-state index contributed by atoms with van der Waals surface area (Å²) in [5.74, 6) is 0.497. The van der Waals surface area contributed by atoms with Gasteiger partial charge in [-0.1, -0.05) is 0 Å². The van der Waals surface area contributed by atoms with Crippen LogP contribution < -0.4 is 5.32 Å². The SMILES string of the molecule is CN=C(NCc1cn(C)nc1C(F)(F)F)N(C)Cc1ccc[nH]1.I. The maximum absolute atomic E-state index is 12.9. The Morgan fingerprint density at radius 3 is 2.71 bits per heavy atom. The third-order valence-electron chi connectivity index (χ3n) is 3.25. The summed E-state index contributed by atoms with van der Waals surface area (Å²) in [6, 6.07) is 3.80. The van der Waals surface area contributed by atoms with Gasteiger partial charge in [-0.05, 0) is 12.1 Å². The van der Waals surface area contributed by atoms with Crippen LogP contribution in [0.4, 0.5) is 13.2 Å². The van der Waals surface area contributed by atoms with Gasteiger partial charge in [0.2, 0.25) is 0 Å². The summed E-state index contributed by atoms with van der Waals surface area (Å²) in [5, 5.41) is 6.42. The first kappa shape index (κ1) is 20.3. The Morgan fingerprint density at radius 2 is 2.17 bits per heavy atom. The molecule has 2 N–H and O–H groups in total. The molecule has 0 unspecified atom stereocenters. The van der Waals surface area contributed by atoms with Gasteiger partial charge in [0.05, 0.1) is 6.54 Å². The first-order valence-electron chi connectivity index (χ1n) is 6.95. The second-order valence-corrected chi connectivity index (χ2v) is 5.13. The average molecular weight is 456 g/mol. The molecule has 0 atom stereocenters. The number of nitrogens with one attached hydrogen (secondary N) is 2. The van der Waals surface area contributed by atoms with Crippen molar-refractivity contribution in [2.45, 2.75) is 19.3 Å². The molecule has 0 radical (unpaired) electrons. The van der Waals surface area contributed by atoms with E-state index in [0.717, 1.165) is 10.4 Å². The molecule has 0 aliphatic heterocycles. The zero-order chi connectivity index (χ0) is 17.0.